The molecule has 0 spiro atoms. The minimum absolute atomic E-state index is 0.0228. The average molecular weight is 496 g/mol. The Morgan fingerprint density at radius 1 is 0.829 bits per heavy atom. The van der Waals surface area contributed by atoms with E-state index < -0.39 is 17.6 Å². The summed E-state index contributed by atoms with van der Waals surface area (Å²) in [5.41, 5.74) is 2.50. The monoisotopic (exact) mass is 495 g/mol. The van der Waals surface area contributed by atoms with Crippen LogP contribution in [0.25, 0.3) is 39.2 Å². The number of hydrogen-bond acceptors (Lipinski definition) is 2. The van der Waals surface area contributed by atoms with Crippen molar-refractivity contribution in [1.82, 2.24) is 14.8 Å². The number of halogens is 5. The SMILES string of the molecule is Cc1ccc(-c2nn(-c3ccc(C)c(Cl)c3)c3nc(-c4ccc(F)cc4)cc(C(F)(F)F)c23)cc1. The Hall–Kier alpha value is -3.71. The average Bonchev–Trinajstić information content (AvgIpc) is 3.20. The molecule has 3 nitrogen and oxygen atoms in total. The highest BCUT2D eigenvalue weighted by atomic mass is 35.5. The van der Waals surface area contributed by atoms with Gasteiger partial charge in [-0.3, -0.25) is 0 Å². The summed E-state index contributed by atoms with van der Waals surface area (Å²) in [6.45, 7) is 3.73. The summed E-state index contributed by atoms with van der Waals surface area (Å²) in [7, 11) is 0. The van der Waals surface area contributed by atoms with E-state index in [2.05, 4.69) is 10.1 Å². The van der Waals surface area contributed by atoms with Crippen molar-refractivity contribution in [1.29, 1.82) is 0 Å². The second-order valence-corrected chi connectivity index (χ2v) is 8.73. The Bertz CT molecular complexity index is 1550. The summed E-state index contributed by atoms with van der Waals surface area (Å²) in [5.74, 6) is -0.494. The van der Waals surface area contributed by atoms with E-state index in [0.717, 1.165) is 17.2 Å². The molecule has 0 amide bonds. The van der Waals surface area contributed by atoms with Crippen LogP contribution in [-0.4, -0.2) is 14.8 Å². The van der Waals surface area contributed by atoms with Crippen molar-refractivity contribution < 1.29 is 17.6 Å². The highest BCUT2D eigenvalue weighted by molar-refractivity contribution is 6.31. The molecule has 8 heteroatoms. The molecule has 2 aromatic heterocycles. The lowest BCUT2D eigenvalue weighted by Crippen LogP contribution is -2.08. The van der Waals surface area contributed by atoms with Gasteiger partial charge in [0.2, 0.25) is 0 Å². The smallest absolute Gasteiger partial charge is 0.228 e. The molecule has 35 heavy (non-hydrogen) atoms. The first-order valence-electron chi connectivity index (χ1n) is 10.7. The first-order chi connectivity index (χ1) is 16.6. The zero-order valence-electron chi connectivity index (χ0n) is 18.7. The minimum Gasteiger partial charge on any atom is -0.228 e. The van der Waals surface area contributed by atoms with Crippen LogP contribution in [0.2, 0.25) is 5.02 Å². The summed E-state index contributed by atoms with van der Waals surface area (Å²) in [6.07, 6.45) is -4.69. The number of aryl methyl sites for hydroxylation is 2. The molecule has 0 aliphatic carbocycles. The van der Waals surface area contributed by atoms with Crippen molar-refractivity contribution in [3.05, 3.63) is 100 Å². The molecule has 0 saturated heterocycles. The van der Waals surface area contributed by atoms with E-state index in [1.54, 1.807) is 30.3 Å². The molecule has 2 heterocycles. The normalized spacial score (nSPS) is 11.9. The zero-order valence-corrected chi connectivity index (χ0v) is 19.4. The van der Waals surface area contributed by atoms with E-state index in [9.17, 15) is 17.6 Å². The summed E-state index contributed by atoms with van der Waals surface area (Å²) in [4.78, 5) is 4.58. The summed E-state index contributed by atoms with van der Waals surface area (Å²) >= 11 is 6.32. The second-order valence-electron chi connectivity index (χ2n) is 8.32. The minimum atomic E-state index is -4.69. The first-order valence-corrected chi connectivity index (χ1v) is 11.1. The lowest BCUT2D eigenvalue weighted by Gasteiger charge is -2.12. The molecule has 0 fully saturated rings. The number of fused-ring (bicyclic) bond motifs is 1. The van der Waals surface area contributed by atoms with Gasteiger partial charge in [-0.15, -0.1) is 0 Å². The summed E-state index contributed by atoms with van der Waals surface area (Å²) in [6, 6.07) is 18.4. The van der Waals surface area contributed by atoms with Gasteiger partial charge in [-0.05, 0) is 61.9 Å². The van der Waals surface area contributed by atoms with Gasteiger partial charge in [0.25, 0.3) is 0 Å². The van der Waals surface area contributed by atoms with Crippen LogP contribution in [0.5, 0.6) is 0 Å². The highest BCUT2D eigenvalue weighted by Crippen LogP contribution is 2.41. The van der Waals surface area contributed by atoms with Crippen molar-refractivity contribution in [2.45, 2.75) is 20.0 Å². The van der Waals surface area contributed by atoms with Gasteiger partial charge < -0.3 is 0 Å². The number of benzene rings is 3. The fourth-order valence-electron chi connectivity index (χ4n) is 3.91. The van der Waals surface area contributed by atoms with E-state index in [-0.39, 0.29) is 22.4 Å². The van der Waals surface area contributed by atoms with Crippen LogP contribution >= 0.6 is 11.6 Å². The number of hydrogen-bond donors (Lipinski definition) is 0. The van der Waals surface area contributed by atoms with Crippen molar-refractivity contribution in [2.75, 3.05) is 0 Å². The Kier molecular flexibility index (Phi) is 5.60. The predicted molar refractivity (Wildman–Crippen MR) is 129 cm³/mol. The van der Waals surface area contributed by atoms with E-state index in [1.807, 2.05) is 26.0 Å². The molecular formula is C27H18ClF4N3. The maximum Gasteiger partial charge on any atom is 0.417 e. The van der Waals surface area contributed by atoms with Gasteiger partial charge in [-0.25, -0.2) is 14.1 Å². The van der Waals surface area contributed by atoms with Gasteiger partial charge in [0.1, 0.15) is 11.5 Å². The number of pyridine rings is 1. The van der Waals surface area contributed by atoms with Crippen molar-refractivity contribution in [3.63, 3.8) is 0 Å². The van der Waals surface area contributed by atoms with Crippen molar-refractivity contribution in [2.24, 2.45) is 0 Å². The summed E-state index contributed by atoms with van der Waals surface area (Å²) in [5, 5.41) is 4.92. The predicted octanol–water partition coefficient (Wildman–Crippen LogP) is 8.18. The van der Waals surface area contributed by atoms with E-state index in [1.165, 1.54) is 28.9 Å². The topological polar surface area (TPSA) is 30.7 Å². The number of rotatable bonds is 3. The Labute approximate surface area is 203 Å². The number of aromatic nitrogens is 3. The van der Waals surface area contributed by atoms with E-state index >= 15 is 0 Å². The van der Waals surface area contributed by atoms with E-state index in [0.29, 0.717) is 21.8 Å². The molecule has 5 aromatic rings. The van der Waals surface area contributed by atoms with Crippen LogP contribution in [-0.2, 0) is 6.18 Å². The molecular weight excluding hydrogens is 478 g/mol. The molecule has 3 aromatic carbocycles. The maximum absolute atomic E-state index is 14.4. The molecule has 0 bridgehead atoms. The van der Waals surface area contributed by atoms with Gasteiger partial charge in [0, 0.05) is 16.1 Å². The van der Waals surface area contributed by atoms with Crippen LogP contribution in [0.3, 0.4) is 0 Å². The Morgan fingerprint density at radius 2 is 1.49 bits per heavy atom. The third-order valence-electron chi connectivity index (χ3n) is 5.81. The molecule has 0 N–H and O–H groups in total. The van der Waals surface area contributed by atoms with Gasteiger partial charge >= 0.3 is 6.18 Å². The maximum atomic E-state index is 14.4. The Balaban J connectivity index is 1.89. The van der Waals surface area contributed by atoms with Gasteiger partial charge in [0.05, 0.1) is 22.3 Å². The number of nitrogens with zero attached hydrogens (tertiary/aromatic N) is 3. The van der Waals surface area contributed by atoms with Crippen LogP contribution in [0, 0.1) is 19.7 Å². The lowest BCUT2D eigenvalue weighted by atomic mass is 10.0. The molecule has 5 rings (SSSR count). The van der Waals surface area contributed by atoms with Crippen LogP contribution < -0.4 is 0 Å². The fourth-order valence-corrected chi connectivity index (χ4v) is 4.09. The van der Waals surface area contributed by atoms with Crippen LogP contribution in [0.15, 0.2) is 72.8 Å². The Morgan fingerprint density at radius 3 is 2.11 bits per heavy atom. The van der Waals surface area contributed by atoms with Crippen LogP contribution in [0.1, 0.15) is 16.7 Å². The number of alkyl halides is 3. The summed E-state index contributed by atoms with van der Waals surface area (Å²) < 4.78 is 58.1. The van der Waals surface area contributed by atoms with Crippen molar-refractivity contribution >= 4 is 22.6 Å². The first kappa shape index (κ1) is 23.1. The third-order valence-corrected chi connectivity index (χ3v) is 6.22. The van der Waals surface area contributed by atoms with Gasteiger partial charge in [-0.1, -0.05) is 47.5 Å². The molecule has 0 saturated carbocycles. The van der Waals surface area contributed by atoms with E-state index in [4.69, 9.17) is 11.6 Å². The highest BCUT2D eigenvalue weighted by Gasteiger charge is 2.36. The largest absolute Gasteiger partial charge is 0.417 e. The third kappa shape index (κ3) is 4.28. The fraction of sp³-hybridized carbons (Fsp3) is 0.111. The van der Waals surface area contributed by atoms with Crippen molar-refractivity contribution in [3.8, 4) is 28.2 Å². The standard InChI is InChI=1S/C27H18ClF4N3/c1-15-3-6-18(7-4-15)25-24-21(27(30,31)32)14-23(17-8-10-19(29)11-9-17)33-26(24)35(34-25)20-12-5-16(2)22(28)13-20/h3-14H,1-2H3. The molecule has 0 aliphatic rings. The van der Waals surface area contributed by atoms with Gasteiger partial charge in [0.15, 0.2) is 5.65 Å². The zero-order chi connectivity index (χ0) is 24.9. The molecule has 0 atom stereocenters. The molecule has 0 aliphatic heterocycles. The molecule has 176 valence electrons. The molecule has 0 unspecified atom stereocenters. The molecule has 0 radical (unpaired) electrons. The van der Waals surface area contributed by atoms with Gasteiger partial charge in [-0.2, -0.15) is 18.3 Å². The quantitative estimate of drug-likeness (QED) is 0.236. The van der Waals surface area contributed by atoms with Crippen LogP contribution in [0.4, 0.5) is 17.6 Å². The lowest BCUT2D eigenvalue weighted by molar-refractivity contribution is -0.136. The second kappa shape index (κ2) is 8.50.